The number of fused-ring (bicyclic) bond motifs is 2. The predicted octanol–water partition coefficient (Wildman–Crippen LogP) is 2.10. The van der Waals surface area contributed by atoms with E-state index in [1.807, 2.05) is 5.01 Å². The first kappa shape index (κ1) is 22.6. The number of aromatic nitrogens is 3. The number of amides is 1. The normalized spacial score (nSPS) is 18.9. The molecule has 0 unspecified atom stereocenters. The van der Waals surface area contributed by atoms with Crippen molar-refractivity contribution >= 4 is 34.2 Å². The minimum absolute atomic E-state index is 0.119. The molecule has 1 saturated heterocycles. The molecular weight excluding hydrogens is 449 g/mol. The molecule has 0 spiro atoms. The number of ketones is 1. The van der Waals surface area contributed by atoms with E-state index in [1.165, 1.54) is 25.3 Å². The number of nitrogens with two attached hydrogens (primary N) is 1. The van der Waals surface area contributed by atoms with Crippen LogP contribution in [0, 0.1) is 17.7 Å². The summed E-state index contributed by atoms with van der Waals surface area (Å²) < 4.78 is 16.5. The molecule has 2 aliphatic heterocycles. The van der Waals surface area contributed by atoms with E-state index in [2.05, 4.69) is 33.8 Å². The number of likely N-dealkylation sites (tertiary alicyclic amines) is 1. The minimum Gasteiger partial charge on any atom is -0.383 e. The number of Topliss-reactive ketones (excluding diaryl/α,β-unsaturated/α-hetero) is 1. The Morgan fingerprint density at radius 3 is 2.89 bits per heavy atom. The van der Waals surface area contributed by atoms with Crippen molar-refractivity contribution in [3.63, 3.8) is 0 Å². The number of hydrogen-bond acceptors (Lipinski definition) is 7. The third kappa shape index (κ3) is 3.80. The van der Waals surface area contributed by atoms with Crippen molar-refractivity contribution in [3.8, 4) is 11.8 Å². The molecule has 2 aromatic heterocycles. The second-order valence-corrected chi connectivity index (χ2v) is 8.68. The number of aryl methyl sites for hydroxylation is 1. The lowest BCUT2D eigenvalue weighted by molar-refractivity contribution is -0.125. The van der Waals surface area contributed by atoms with Gasteiger partial charge in [-0.1, -0.05) is 18.4 Å². The van der Waals surface area contributed by atoms with Gasteiger partial charge in [-0.25, -0.2) is 19.8 Å². The van der Waals surface area contributed by atoms with Gasteiger partial charge in [-0.05, 0) is 25.5 Å². The molecule has 4 heterocycles. The van der Waals surface area contributed by atoms with Crippen LogP contribution >= 0.6 is 0 Å². The van der Waals surface area contributed by atoms with E-state index in [4.69, 9.17) is 5.73 Å². The van der Waals surface area contributed by atoms with Crippen LogP contribution in [0.2, 0.25) is 0 Å². The number of hydrazine groups is 1. The van der Waals surface area contributed by atoms with Crippen molar-refractivity contribution < 1.29 is 14.0 Å². The van der Waals surface area contributed by atoms with E-state index in [0.29, 0.717) is 47.4 Å². The standard InChI is InChI=1S/C25H24FN7O2/c1-4-22(35)32-8-7-16(12-32)33-24-17(14(2)34)11-28-25(27)23(24)19(30-33)6-5-15-9-20-21(10-18(15)26)31(3)13-29-20/h4,9-11,13,16,19,30H,1,7-8,12H2,2-3H3,(H2,27,28)/t16-,19-/m0/s1. The maximum Gasteiger partial charge on any atom is 0.246 e. The summed E-state index contributed by atoms with van der Waals surface area (Å²) in [6.45, 7) is 6.03. The zero-order chi connectivity index (χ0) is 24.9. The van der Waals surface area contributed by atoms with Crippen LogP contribution in [0.1, 0.15) is 40.9 Å². The number of carbonyl (C=O) groups is 2. The summed E-state index contributed by atoms with van der Waals surface area (Å²) in [6.07, 6.45) is 5.04. The smallest absolute Gasteiger partial charge is 0.246 e. The van der Waals surface area contributed by atoms with Crippen molar-refractivity contribution in [1.82, 2.24) is 24.9 Å². The molecule has 3 N–H and O–H groups in total. The molecule has 1 aromatic carbocycles. The summed E-state index contributed by atoms with van der Waals surface area (Å²) >= 11 is 0. The van der Waals surface area contributed by atoms with Gasteiger partial charge in [0, 0.05) is 32.4 Å². The number of rotatable bonds is 3. The van der Waals surface area contributed by atoms with Gasteiger partial charge < -0.3 is 20.2 Å². The molecule has 2 atom stereocenters. The highest BCUT2D eigenvalue weighted by molar-refractivity contribution is 6.01. The van der Waals surface area contributed by atoms with Gasteiger partial charge in [0.1, 0.15) is 17.7 Å². The topological polar surface area (TPSA) is 109 Å². The van der Waals surface area contributed by atoms with Crippen LogP contribution in [0.15, 0.2) is 37.3 Å². The molecule has 0 aliphatic carbocycles. The Hall–Kier alpha value is -4.23. The summed E-state index contributed by atoms with van der Waals surface area (Å²) in [6, 6.07) is 2.27. The molecule has 10 heteroatoms. The van der Waals surface area contributed by atoms with Gasteiger partial charge in [0.25, 0.3) is 0 Å². The van der Waals surface area contributed by atoms with Crippen molar-refractivity contribution in [1.29, 1.82) is 0 Å². The van der Waals surface area contributed by atoms with E-state index in [9.17, 15) is 14.0 Å². The van der Waals surface area contributed by atoms with Gasteiger partial charge >= 0.3 is 0 Å². The van der Waals surface area contributed by atoms with Gasteiger partial charge in [0.15, 0.2) is 5.78 Å². The molecule has 5 rings (SSSR count). The first-order valence-electron chi connectivity index (χ1n) is 11.2. The van der Waals surface area contributed by atoms with Gasteiger partial charge in [0.2, 0.25) is 5.91 Å². The van der Waals surface area contributed by atoms with Gasteiger partial charge in [0.05, 0.1) is 45.8 Å². The number of anilines is 2. The van der Waals surface area contributed by atoms with Gasteiger partial charge in [-0.15, -0.1) is 0 Å². The zero-order valence-corrected chi connectivity index (χ0v) is 19.4. The van der Waals surface area contributed by atoms with E-state index in [0.717, 1.165) is 0 Å². The van der Waals surface area contributed by atoms with Gasteiger partial charge in [-0.2, -0.15) is 0 Å². The average Bonchev–Trinajstić information content (AvgIpc) is 3.55. The number of pyridine rings is 1. The quantitative estimate of drug-likeness (QED) is 0.341. The van der Waals surface area contributed by atoms with E-state index in [1.54, 1.807) is 28.9 Å². The molecule has 1 fully saturated rings. The first-order valence-corrected chi connectivity index (χ1v) is 11.2. The number of hydrogen-bond donors (Lipinski definition) is 2. The Morgan fingerprint density at radius 2 is 2.14 bits per heavy atom. The number of carbonyl (C=O) groups excluding carboxylic acids is 2. The highest BCUT2D eigenvalue weighted by Gasteiger charge is 2.40. The van der Waals surface area contributed by atoms with E-state index < -0.39 is 11.9 Å². The Bertz CT molecular complexity index is 1450. The summed E-state index contributed by atoms with van der Waals surface area (Å²) in [4.78, 5) is 34.8. The number of benzene rings is 1. The van der Waals surface area contributed by atoms with Crippen molar-refractivity contribution in [3.05, 3.63) is 59.8 Å². The Morgan fingerprint density at radius 1 is 1.34 bits per heavy atom. The second kappa shape index (κ2) is 8.52. The third-order valence-corrected chi connectivity index (χ3v) is 6.48. The van der Waals surface area contributed by atoms with E-state index in [-0.39, 0.29) is 29.1 Å². The third-order valence-electron chi connectivity index (χ3n) is 6.48. The summed E-state index contributed by atoms with van der Waals surface area (Å²) in [5.74, 6) is 5.44. The summed E-state index contributed by atoms with van der Waals surface area (Å²) in [7, 11) is 1.79. The maximum absolute atomic E-state index is 14.8. The van der Waals surface area contributed by atoms with Crippen LogP contribution in [-0.4, -0.2) is 50.3 Å². The summed E-state index contributed by atoms with van der Waals surface area (Å²) in [5.41, 5.74) is 12.6. The molecule has 0 bridgehead atoms. The zero-order valence-electron chi connectivity index (χ0n) is 19.4. The van der Waals surface area contributed by atoms with E-state index >= 15 is 0 Å². The molecule has 35 heavy (non-hydrogen) atoms. The van der Waals surface area contributed by atoms with Crippen LogP contribution in [0.5, 0.6) is 0 Å². The molecule has 3 aromatic rings. The lowest BCUT2D eigenvalue weighted by Gasteiger charge is -2.28. The fourth-order valence-electron chi connectivity index (χ4n) is 4.67. The largest absolute Gasteiger partial charge is 0.383 e. The SMILES string of the molecule is C=CC(=O)N1CC[C@H](N2N[C@@H](C#Cc3cc4ncn(C)c4cc3F)c3c(N)ncc(C(C)=O)c32)C1. The molecule has 0 radical (unpaired) electrons. The number of imidazole rings is 1. The van der Waals surface area contributed by atoms with Crippen molar-refractivity contribution in [2.45, 2.75) is 25.4 Å². The monoisotopic (exact) mass is 473 g/mol. The fourth-order valence-corrected chi connectivity index (χ4v) is 4.67. The van der Waals surface area contributed by atoms with Crippen LogP contribution in [0.3, 0.4) is 0 Å². The Labute approximate surface area is 201 Å². The van der Waals surface area contributed by atoms with Crippen molar-refractivity contribution in [2.75, 3.05) is 23.8 Å². The molecule has 9 nitrogen and oxygen atoms in total. The Kier molecular flexibility index (Phi) is 5.49. The lowest BCUT2D eigenvalue weighted by Crippen LogP contribution is -2.45. The maximum atomic E-state index is 14.8. The summed E-state index contributed by atoms with van der Waals surface area (Å²) in [5, 5.41) is 1.86. The highest BCUT2D eigenvalue weighted by atomic mass is 19.1. The number of nitrogens with one attached hydrogen (secondary N) is 1. The number of nitrogen functional groups attached to an aromatic ring is 1. The van der Waals surface area contributed by atoms with Gasteiger partial charge in [-0.3, -0.25) is 9.59 Å². The number of halogens is 1. The predicted molar refractivity (Wildman–Crippen MR) is 130 cm³/mol. The highest BCUT2D eigenvalue weighted by Crippen LogP contribution is 2.41. The molecule has 2 aliphatic rings. The molecule has 178 valence electrons. The molecular formula is C25H24FN7O2. The van der Waals surface area contributed by atoms with Crippen LogP contribution in [0.25, 0.3) is 11.0 Å². The number of nitrogens with zero attached hydrogens (tertiary/aromatic N) is 5. The second-order valence-electron chi connectivity index (χ2n) is 8.68. The molecule has 1 amide bonds. The van der Waals surface area contributed by atoms with Crippen molar-refractivity contribution in [2.24, 2.45) is 7.05 Å². The van der Waals surface area contributed by atoms with Crippen LogP contribution in [-0.2, 0) is 11.8 Å². The van der Waals surface area contributed by atoms with Crippen LogP contribution in [0.4, 0.5) is 15.9 Å². The lowest BCUT2D eigenvalue weighted by atomic mass is 10.0. The fraction of sp³-hybridized carbons (Fsp3) is 0.280. The minimum atomic E-state index is -0.625. The Balaban J connectivity index is 1.55. The first-order chi connectivity index (χ1) is 16.8. The van der Waals surface area contributed by atoms with Crippen LogP contribution < -0.4 is 16.2 Å². The average molecular weight is 474 g/mol. The molecule has 0 saturated carbocycles.